The Labute approximate surface area is 108 Å². The molecular formula is C16H17NO. The Kier molecular flexibility index (Phi) is 4.13. The van der Waals surface area contributed by atoms with Crippen LogP contribution in [0.4, 0.5) is 0 Å². The van der Waals surface area contributed by atoms with Crippen molar-refractivity contribution < 1.29 is 4.79 Å². The van der Waals surface area contributed by atoms with Gasteiger partial charge in [0.25, 0.3) is 0 Å². The summed E-state index contributed by atoms with van der Waals surface area (Å²) in [4.78, 5) is 12.2. The van der Waals surface area contributed by atoms with Crippen LogP contribution in [0.25, 0.3) is 0 Å². The summed E-state index contributed by atoms with van der Waals surface area (Å²) in [6.45, 7) is 4.63. The van der Waals surface area contributed by atoms with E-state index in [1.54, 1.807) is 0 Å². The molecule has 0 aliphatic carbocycles. The third kappa shape index (κ3) is 2.98. The van der Waals surface area contributed by atoms with Crippen molar-refractivity contribution in [1.82, 2.24) is 4.57 Å². The lowest BCUT2D eigenvalue weighted by Crippen LogP contribution is -2.00. The zero-order valence-electron chi connectivity index (χ0n) is 10.4. The predicted octanol–water partition coefficient (Wildman–Crippen LogP) is 3.69. The molecule has 0 spiro atoms. The molecule has 0 bridgehead atoms. The summed E-state index contributed by atoms with van der Waals surface area (Å²) >= 11 is 0. The van der Waals surface area contributed by atoms with E-state index in [1.165, 1.54) is 0 Å². The van der Waals surface area contributed by atoms with Gasteiger partial charge in [-0.2, -0.15) is 0 Å². The maximum absolute atomic E-state index is 12.2. The van der Waals surface area contributed by atoms with Crippen molar-refractivity contribution in [3.8, 4) is 0 Å². The Morgan fingerprint density at radius 2 is 1.94 bits per heavy atom. The second-order valence-corrected chi connectivity index (χ2v) is 4.26. The van der Waals surface area contributed by atoms with Crippen LogP contribution >= 0.6 is 0 Å². The molecule has 1 aromatic carbocycles. The van der Waals surface area contributed by atoms with Gasteiger partial charge in [0.2, 0.25) is 0 Å². The molecule has 0 amide bonds. The second-order valence-electron chi connectivity index (χ2n) is 4.26. The van der Waals surface area contributed by atoms with E-state index < -0.39 is 0 Å². The Morgan fingerprint density at radius 1 is 1.17 bits per heavy atom. The molecule has 1 aromatic heterocycles. The summed E-state index contributed by atoms with van der Waals surface area (Å²) in [5.41, 5.74) is 1.49. The molecule has 0 fully saturated rings. The molecule has 92 valence electrons. The van der Waals surface area contributed by atoms with Crippen LogP contribution in [0.1, 0.15) is 28.8 Å². The van der Waals surface area contributed by atoms with Crippen molar-refractivity contribution in [3.63, 3.8) is 0 Å². The molecule has 0 aliphatic rings. The highest BCUT2D eigenvalue weighted by Gasteiger charge is 2.09. The summed E-state index contributed by atoms with van der Waals surface area (Å²) in [5, 5.41) is 0. The number of rotatable bonds is 6. The number of unbranched alkanes of at least 4 members (excludes halogenated alkanes) is 1. The molecule has 2 nitrogen and oxygen atoms in total. The number of benzene rings is 1. The molecule has 0 aliphatic heterocycles. The fraction of sp³-hybridized carbons (Fsp3) is 0.188. The van der Waals surface area contributed by atoms with E-state index in [0.29, 0.717) is 0 Å². The highest BCUT2D eigenvalue weighted by atomic mass is 16.1. The quantitative estimate of drug-likeness (QED) is 0.428. The Morgan fingerprint density at radius 3 is 2.67 bits per heavy atom. The number of ketones is 1. The van der Waals surface area contributed by atoms with Gasteiger partial charge in [-0.1, -0.05) is 36.4 Å². The lowest BCUT2D eigenvalue weighted by atomic mass is 10.1. The van der Waals surface area contributed by atoms with E-state index in [-0.39, 0.29) is 5.78 Å². The number of carbonyl (C=O) groups excluding carboxylic acids is 1. The van der Waals surface area contributed by atoms with Crippen LogP contribution in [0, 0.1) is 0 Å². The fourth-order valence-corrected chi connectivity index (χ4v) is 1.89. The molecule has 18 heavy (non-hydrogen) atoms. The lowest BCUT2D eigenvalue weighted by molar-refractivity contribution is 0.103. The standard InChI is InChI=1S/C16H17NO/c1-2-3-7-11-17-12-10-15(13-17)16(18)14-8-5-4-6-9-14/h2,4-6,8-10,12-13H,1,3,7,11H2. The number of allylic oxidation sites excluding steroid dienone is 1. The minimum absolute atomic E-state index is 0.0815. The minimum Gasteiger partial charge on any atom is -0.353 e. The molecule has 0 saturated carbocycles. The molecule has 0 radical (unpaired) electrons. The van der Waals surface area contributed by atoms with Gasteiger partial charge in [0.15, 0.2) is 5.78 Å². The molecule has 0 saturated heterocycles. The van der Waals surface area contributed by atoms with E-state index in [9.17, 15) is 4.79 Å². The van der Waals surface area contributed by atoms with Gasteiger partial charge >= 0.3 is 0 Å². The smallest absolute Gasteiger partial charge is 0.194 e. The van der Waals surface area contributed by atoms with Crippen molar-refractivity contribution in [3.05, 3.63) is 72.6 Å². The van der Waals surface area contributed by atoms with Crippen LogP contribution < -0.4 is 0 Å². The number of aromatic nitrogens is 1. The topological polar surface area (TPSA) is 22.0 Å². The van der Waals surface area contributed by atoms with Gasteiger partial charge in [0.05, 0.1) is 0 Å². The maximum atomic E-state index is 12.2. The summed E-state index contributed by atoms with van der Waals surface area (Å²) in [6.07, 6.45) is 7.84. The highest BCUT2D eigenvalue weighted by Crippen LogP contribution is 2.10. The zero-order chi connectivity index (χ0) is 12.8. The van der Waals surface area contributed by atoms with Gasteiger partial charge < -0.3 is 4.57 Å². The second kappa shape index (κ2) is 6.01. The van der Waals surface area contributed by atoms with Crippen LogP contribution in [-0.2, 0) is 6.54 Å². The number of aryl methyl sites for hydroxylation is 1. The van der Waals surface area contributed by atoms with Crippen LogP contribution in [0.15, 0.2) is 61.4 Å². The van der Waals surface area contributed by atoms with Gasteiger partial charge in [-0.15, -0.1) is 6.58 Å². The largest absolute Gasteiger partial charge is 0.353 e. The van der Waals surface area contributed by atoms with E-state index in [1.807, 2.05) is 54.9 Å². The molecule has 0 N–H and O–H groups in total. The van der Waals surface area contributed by atoms with Crippen LogP contribution in [0.3, 0.4) is 0 Å². The maximum Gasteiger partial charge on any atom is 0.194 e. The first-order valence-corrected chi connectivity index (χ1v) is 6.17. The van der Waals surface area contributed by atoms with Gasteiger partial charge in [0.1, 0.15) is 0 Å². The van der Waals surface area contributed by atoms with Crippen molar-refractivity contribution in [2.75, 3.05) is 0 Å². The number of hydrogen-bond acceptors (Lipinski definition) is 1. The van der Waals surface area contributed by atoms with E-state index in [0.717, 1.165) is 30.5 Å². The Hall–Kier alpha value is -2.09. The van der Waals surface area contributed by atoms with Gasteiger partial charge in [0, 0.05) is 30.1 Å². The van der Waals surface area contributed by atoms with Gasteiger partial charge in [-0.05, 0) is 18.9 Å². The molecule has 1 heterocycles. The van der Waals surface area contributed by atoms with Gasteiger partial charge in [-0.25, -0.2) is 0 Å². The van der Waals surface area contributed by atoms with Crippen LogP contribution in [0.2, 0.25) is 0 Å². The average Bonchev–Trinajstić information content (AvgIpc) is 2.88. The highest BCUT2D eigenvalue weighted by molar-refractivity contribution is 6.08. The molecule has 2 heteroatoms. The number of carbonyl (C=O) groups is 1. The minimum atomic E-state index is 0.0815. The van der Waals surface area contributed by atoms with Crippen LogP contribution in [0.5, 0.6) is 0 Å². The molecule has 0 atom stereocenters. The first kappa shape index (κ1) is 12.4. The first-order chi connectivity index (χ1) is 8.81. The first-order valence-electron chi connectivity index (χ1n) is 6.17. The van der Waals surface area contributed by atoms with Crippen molar-refractivity contribution in [2.45, 2.75) is 19.4 Å². The van der Waals surface area contributed by atoms with E-state index in [2.05, 4.69) is 11.1 Å². The zero-order valence-corrected chi connectivity index (χ0v) is 10.4. The van der Waals surface area contributed by atoms with Crippen LogP contribution in [-0.4, -0.2) is 10.4 Å². The van der Waals surface area contributed by atoms with Crippen molar-refractivity contribution in [2.24, 2.45) is 0 Å². The normalized spacial score (nSPS) is 10.2. The SMILES string of the molecule is C=CCCCn1ccc(C(=O)c2ccccc2)c1. The third-order valence-electron chi connectivity index (χ3n) is 2.87. The molecule has 0 unspecified atom stereocenters. The summed E-state index contributed by atoms with van der Waals surface area (Å²) in [7, 11) is 0. The van der Waals surface area contributed by atoms with E-state index >= 15 is 0 Å². The number of hydrogen-bond donors (Lipinski definition) is 0. The lowest BCUT2D eigenvalue weighted by Gasteiger charge is -2.00. The Bertz CT molecular complexity index is 525. The monoisotopic (exact) mass is 239 g/mol. The summed E-state index contributed by atoms with van der Waals surface area (Å²) in [5.74, 6) is 0.0815. The molecule has 2 aromatic rings. The summed E-state index contributed by atoms with van der Waals surface area (Å²) < 4.78 is 2.06. The van der Waals surface area contributed by atoms with Crippen molar-refractivity contribution >= 4 is 5.78 Å². The fourth-order valence-electron chi connectivity index (χ4n) is 1.89. The molecular weight excluding hydrogens is 222 g/mol. The summed E-state index contributed by atoms with van der Waals surface area (Å²) in [6, 6.07) is 11.2. The van der Waals surface area contributed by atoms with E-state index in [4.69, 9.17) is 0 Å². The molecule has 2 rings (SSSR count). The number of nitrogens with zero attached hydrogens (tertiary/aromatic N) is 1. The third-order valence-corrected chi connectivity index (χ3v) is 2.87. The predicted molar refractivity (Wildman–Crippen MR) is 73.7 cm³/mol. The van der Waals surface area contributed by atoms with Gasteiger partial charge in [-0.3, -0.25) is 4.79 Å². The Balaban J connectivity index is 2.06. The average molecular weight is 239 g/mol. The van der Waals surface area contributed by atoms with Crippen molar-refractivity contribution in [1.29, 1.82) is 0 Å².